The molecule has 1 saturated heterocycles. The zero-order valence-corrected chi connectivity index (χ0v) is 82.2. The Morgan fingerprint density at radius 2 is 1.43 bits per heavy atom. The van der Waals surface area contributed by atoms with E-state index in [1.165, 1.54) is 111 Å². The standard InChI is InChI=1S/C99H118N12O24S2.O3S/c1-11-109-77-35-32-67(137(131,132)133)49-73(77)99(9,10)86(109)25-14-12-15-26-87-98(7,8)72-23-17-18-24-76(72)110(87)40-21-13-16-27-88(121)102-39-41-111-89(122)51-85(97(111)130)136-53-75(107-60(6)114)81(120)45-62(22-19-20-38-103-94(127)63-28-36-82(134-55-112)71(43-63)91-68-33-30-65(115)47-83(68)135-84-48-66(116)31-34-69(84)91)95(128)106-57(3)78(117)42-56(2)93(126)105-58(4)79(118)50-70(59(5)113)96(129)108-74(46-64-52-101-54-104-64)80(119)44-61(92(100)125)29-37-90(123)124;1-4(2)3/h12,14-15,17-18,23-26,28,30-36,43,47-49,52,54-59,61-62,70,74-75,85,113H,11,13,16,19-22,27,29,37-42,44-46,50-51,53H2,1-10H3,(H11-,100,101,102,103,104,105,106,107,108,114,115,116,121,123,124,125,126,127,128,129,131,132,133);/p+1/t56-,57+,58+,59-,61-,62-,70+,74+,75+,85?;/m0./s1. The predicted octanol–water partition coefficient (Wildman–Crippen LogP) is 5.76. The molecule has 1 aliphatic carbocycles. The van der Waals surface area contributed by atoms with Crippen LogP contribution in [0.25, 0.3) is 33.4 Å². The fourth-order valence-corrected chi connectivity index (χ4v) is 19.3. The summed E-state index contributed by atoms with van der Waals surface area (Å²) in [4.78, 5) is 223. The number of ether oxygens (including phenoxy) is 1. The number of carboxylic acid groups (broad SMARTS) is 1. The van der Waals surface area contributed by atoms with Crippen LogP contribution < -0.4 is 52.7 Å². The molecule has 5 aromatic rings. The third-order valence-electron chi connectivity index (χ3n) is 25.2. The minimum Gasteiger partial charge on any atom is -0.744 e. The molecule has 13 N–H and O–H groups in total. The minimum atomic E-state index is -4.65. The number of imidazole rings is 1. The number of nitrogens with two attached hydrogens (primary N) is 1. The lowest BCUT2D eigenvalue weighted by molar-refractivity contribution is -0.789. The maximum Gasteiger partial charge on any atom is 0.425 e. The number of aromatic hydroxyl groups is 1. The number of aliphatic carboxylic acids is 1. The molecule has 0 bridgehead atoms. The second kappa shape index (κ2) is 50.4. The number of benzene rings is 5. The van der Waals surface area contributed by atoms with Crippen LogP contribution in [0.4, 0.5) is 11.4 Å². The molecule has 141 heavy (non-hydrogen) atoms. The Hall–Kier alpha value is -13.7. The number of carbonyl (C=O) groups is 15. The molecule has 1 fully saturated rings. The summed E-state index contributed by atoms with van der Waals surface area (Å²) in [7, 11) is -7.77. The van der Waals surface area contributed by atoms with E-state index >= 15 is 0 Å². The van der Waals surface area contributed by atoms with Crippen molar-refractivity contribution in [3.05, 3.63) is 178 Å². The number of aromatic nitrogens is 2. The number of allylic oxidation sites excluding steroid dienone is 6. The molecule has 1 aromatic heterocycles. The van der Waals surface area contributed by atoms with Crippen LogP contribution in [0.5, 0.6) is 11.5 Å². The van der Waals surface area contributed by atoms with E-state index in [9.17, 15) is 105 Å². The number of ketones is 4. The number of quaternary nitrogens is 1. The third kappa shape index (κ3) is 29.9. The number of aliphatic hydroxyl groups is 1. The fourth-order valence-electron chi connectivity index (χ4n) is 17.6. The van der Waals surface area contributed by atoms with Gasteiger partial charge in [0.15, 0.2) is 34.3 Å². The van der Waals surface area contributed by atoms with Crippen LogP contribution in [0, 0.1) is 23.7 Å². The SMILES string of the molecule is CC[N+]1=C(/C=C/C=C/C=C2/[NH+](CCCCCC(=O)NCCN3C(=O)CC(SC[C@@H](NC(C)=O)C(=O)C[C@H](CCCCNC(=O)c4ccc(OC=O)c(-c5c6ccc(=O)cc-6oc6cc(O)ccc56)c4)C(=O)N[C@H](C)C(=O)C[C@H](C)C(=O)N[C@H](C)C(=O)C[C@@H](C(=O)N[C@H](Cc4c[nH]cn4)C(=O)C[C@H](CCC(=O)O)C(N)=O)[C@H](C)O)C3=O)c3ccccc3C2(C)C)C(C)(C)c2cc(S(=O)(=O)[O-])ccc21.O=S(=O)=O. The van der Waals surface area contributed by atoms with E-state index in [2.05, 4.69) is 78.5 Å². The van der Waals surface area contributed by atoms with Gasteiger partial charge in [-0.2, -0.15) is 4.58 Å². The van der Waals surface area contributed by atoms with Gasteiger partial charge in [-0.05, 0) is 161 Å². The lowest BCUT2D eigenvalue weighted by Crippen LogP contribution is -3.04. The van der Waals surface area contributed by atoms with Crippen molar-refractivity contribution in [3.8, 4) is 33.9 Å². The van der Waals surface area contributed by atoms with E-state index in [0.29, 0.717) is 35.2 Å². The molecule has 9 amide bonds. The zero-order valence-electron chi connectivity index (χ0n) is 79.8. The highest BCUT2D eigenvalue weighted by molar-refractivity contribution is 8.00. The molecule has 39 nitrogen and oxygen atoms in total. The lowest BCUT2D eigenvalue weighted by Gasteiger charge is -2.25. The van der Waals surface area contributed by atoms with Crippen LogP contribution in [0.1, 0.15) is 186 Å². The number of nitrogens with zero attached hydrogens (tertiary/aromatic N) is 3. The summed E-state index contributed by atoms with van der Waals surface area (Å²) >= 11 is 0.937. The summed E-state index contributed by atoms with van der Waals surface area (Å²) in [5.41, 5.74) is 11.9. The number of phenolic OH excluding ortho intramolecular Hbond substituents is 1. The number of Topliss-reactive ketones (excluding diaryl/α,β-unsaturated/α-hetero) is 4. The number of hydrogen-bond donors (Lipinski definition) is 12. The first-order valence-corrected chi connectivity index (χ1v) is 49.6. The zero-order chi connectivity index (χ0) is 104. The molecule has 754 valence electrons. The van der Waals surface area contributed by atoms with Crippen LogP contribution in [0.2, 0.25) is 0 Å². The minimum absolute atomic E-state index is 0.0110. The summed E-state index contributed by atoms with van der Waals surface area (Å²) in [5.74, 6) is -15.5. The van der Waals surface area contributed by atoms with Crippen molar-refractivity contribution in [2.24, 2.45) is 29.4 Å². The number of carbonyl (C=O) groups excluding carboxylic acids is 14. The van der Waals surface area contributed by atoms with Crippen molar-refractivity contribution < 1.29 is 131 Å². The Kier molecular flexibility index (Phi) is 39.7. The van der Waals surface area contributed by atoms with E-state index in [4.69, 9.17) is 27.5 Å². The van der Waals surface area contributed by atoms with Gasteiger partial charge in [0, 0.05) is 171 Å². The van der Waals surface area contributed by atoms with Gasteiger partial charge in [0.2, 0.25) is 52.9 Å². The van der Waals surface area contributed by atoms with Crippen molar-refractivity contribution >= 4 is 149 Å². The average molecular weight is 2010 g/mol. The number of fused-ring (bicyclic) bond motifs is 4. The maximum absolute atomic E-state index is 14.7. The van der Waals surface area contributed by atoms with E-state index < -0.39 is 194 Å². The molecular formula is C99H119N12O27S3+. The molecule has 5 heterocycles. The van der Waals surface area contributed by atoms with Gasteiger partial charge in [0.1, 0.15) is 50.9 Å². The van der Waals surface area contributed by atoms with Crippen molar-refractivity contribution in [2.45, 2.75) is 217 Å². The van der Waals surface area contributed by atoms with Crippen molar-refractivity contribution in [1.29, 1.82) is 0 Å². The highest BCUT2D eigenvalue weighted by Crippen LogP contribution is 2.46. The van der Waals surface area contributed by atoms with Crippen LogP contribution in [-0.4, -0.2) is 229 Å². The first-order valence-electron chi connectivity index (χ1n) is 46.1. The number of aliphatic hydroxyl groups excluding tert-OH is 1. The van der Waals surface area contributed by atoms with Gasteiger partial charge in [0.05, 0.1) is 75.7 Å². The number of aromatic amines is 1. The van der Waals surface area contributed by atoms with Crippen LogP contribution in [0.3, 0.4) is 0 Å². The molecule has 4 aliphatic heterocycles. The number of nitrogens with one attached hydrogen (secondary N) is 8. The van der Waals surface area contributed by atoms with E-state index in [1.807, 2.05) is 57.2 Å². The van der Waals surface area contributed by atoms with Crippen molar-refractivity contribution in [1.82, 2.24) is 46.8 Å². The number of para-hydroxylation sites is 1. The number of phenols is 1. The molecule has 0 saturated carbocycles. The normalized spacial score (nSPS) is 16.9. The van der Waals surface area contributed by atoms with Crippen molar-refractivity contribution in [3.63, 3.8) is 0 Å². The first-order chi connectivity index (χ1) is 66.6. The number of likely N-dealkylation sites (tertiary alicyclic amines) is 1. The quantitative estimate of drug-likeness (QED) is 0.00410. The average Bonchev–Trinajstić information content (AvgIpc) is 1.73. The number of amides is 9. The van der Waals surface area contributed by atoms with E-state index in [-0.39, 0.29) is 132 Å². The highest BCUT2D eigenvalue weighted by atomic mass is 32.2. The maximum atomic E-state index is 14.7. The lowest BCUT2D eigenvalue weighted by atomic mass is 9.81. The second-order valence-corrected chi connectivity index (χ2v) is 39.1. The molecule has 42 heteroatoms. The van der Waals surface area contributed by atoms with Gasteiger partial charge < -0.3 is 71.6 Å². The molecule has 5 aliphatic rings. The molecule has 11 atom stereocenters. The molecule has 0 spiro atoms. The van der Waals surface area contributed by atoms with Gasteiger partial charge in [-0.3, -0.25) is 86.5 Å². The Labute approximate surface area is 819 Å². The van der Waals surface area contributed by atoms with Gasteiger partial charge >= 0.3 is 16.6 Å². The molecule has 2 unspecified atom stereocenters. The Bertz CT molecular complexity index is 6300. The van der Waals surface area contributed by atoms with Gasteiger partial charge in [0.25, 0.3) is 12.4 Å². The third-order valence-corrected chi connectivity index (χ3v) is 27.3. The monoisotopic (exact) mass is 2000 g/mol. The van der Waals surface area contributed by atoms with Crippen LogP contribution in [0.15, 0.2) is 160 Å². The Morgan fingerprint density at radius 1 is 0.738 bits per heavy atom. The molecular weight excluding hydrogens is 1890 g/mol. The van der Waals surface area contributed by atoms with Crippen molar-refractivity contribution in [2.75, 3.05) is 38.5 Å². The smallest absolute Gasteiger partial charge is 0.425 e. The van der Waals surface area contributed by atoms with Crippen LogP contribution in [-0.2, 0) is 105 Å². The number of thioether (sulfide) groups is 1. The number of imide groups is 1. The summed E-state index contributed by atoms with van der Waals surface area (Å²) in [6.45, 7) is 18.2. The summed E-state index contributed by atoms with van der Waals surface area (Å²) < 4.78 is 74.7. The van der Waals surface area contributed by atoms with Gasteiger partial charge in [-0.25, -0.2) is 13.4 Å². The van der Waals surface area contributed by atoms with Gasteiger partial charge in [-0.15, -0.1) is 24.4 Å². The predicted molar refractivity (Wildman–Crippen MR) is 515 cm³/mol. The van der Waals surface area contributed by atoms with E-state index in [1.54, 1.807) is 12.1 Å². The molecule has 10 rings (SSSR count). The number of carboxylic acids is 1. The van der Waals surface area contributed by atoms with Crippen LogP contribution >= 0.6 is 11.8 Å². The molecule has 0 radical (unpaired) electrons. The summed E-state index contributed by atoms with van der Waals surface area (Å²) in [6.07, 6.45) is 10.3. The fraction of sp³-hybridized carbons (Fsp3) is 0.434. The number of unbranched alkanes of at least 4 members (excludes halogenated alkanes) is 3. The highest BCUT2D eigenvalue weighted by Gasteiger charge is 2.47. The summed E-state index contributed by atoms with van der Waals surface area (Å²) in [5, 5.41) is 45.9. The van der Waals surface area contributed by atoms with Gasteiger partial charge in [-0.1, -0.05) is 49.8 Å². The number of primary amides is 1. The second-order valence-electron chi connectivity index (χ2n) is 36.1. The number of H-pyrrole nitrogens is 1. The number of rotatable bonds is 52. The summed E-state index contributed by atoms with van der Waals surface area (Å²) in [6, 6.07) is 20.1. The topological polar surface area (TPSA) is 602 Å². The molecule has 4 aromatic carbocycles. The first kappa shape index (κ1) is 111. The Balaban J connectivity index is 0.00000544. The number of hydrogen-bond acceptors (Lipinski definition) is 28. The largest absolute Gasteiger partial charge is 0.744 e. The Morgan fingerprint density at radius 3 is 2.10 bits per heavy atom. The van der Waals surface area contributed by atoms with E-state index in [0.717, 1.165) is 71.3 Å².